The Bertz CT molecular complexity index is 444. The minimum absolute atomic E-state index is 0.174. The first-order valence-electron chi connectivity index (χ1n) is 6.43. The molecule has 1 aromatic rings. The molecule has 1 atom stereocenters. The van der Waals surface area contributed by atoms with Crippen molar-refractivity contribution in [3.8, 4) is 5.75 Å². The fourth-order valence-corrected chi connectivity index (χ4v) is 2.12. The first kappa shape index (κ1) is 13.8. The second-order valence-electron chi connectivity index (χ2n) is 4.54. The number of esters is 1. The summed E-state index contributed by atoms with van der Waals surface area (Å²) in [6.07, 6.45) is 2.33. The highest BCUT2D eigenvalue weighted by atomic mass is 19.1. The molecule has 1 unspecified atom stereocenters. The first-order valence-corrected chi connectivity index (χ1v) is 6.43. The lowest BCUT2D eigenvalue weighted by molar-refractivity contribution is -0.145. The van der Waals surface area contributed by atoms with Gasteiger partial charge in [0.1, 0.15) is 6.04 Å². The van der Waals surface area contributed by atoms with Crippen LogP contribution in [0.1, 0.15) is 18.4 Å². The lowest BCUT2D eigenvalue weighted by atomic mass is 10.1. The normalized spacial score (nSPS) is 18.3. The Balaban J connectivity index is 1.79. The summed E-state index contributed by atoms with van der Waals surface area (Å²) >= 11 is 0. The van der Waals surface area contributed by atoms with E-state index in [9.17, 15) is 9.18 Å². The second kappa shape index (κ2) is 6.52. The summed E-state index contributed by atoms with van der Waals surface area (Å²) in [7, 11) is 1.43. The largest absolute Gasteiger partial charge is 0.494 e. The summed E-state index contributed by atoms with van der Waals surface area (Å²) in [6.45, 7) is 1.13. The van der Waals surface area contributed by atoms with Crippen LogP contribution in [0, 0.1) is 5.82 Å². The van der Waals surface area contributed by atoms with E-state index in [1.165, 1.54) is 13.2 Å². The first-order chi connectivity index (χ1) is 9.20. The van der Waals surface area contributed by atoms with Gasteiger partial charge in [0.15, 0.2) is 11.6 Å². The van der Waals surface area contributed by atoms with Crippen molar-refractivity contribution in [3.05, 3.63) is 29.6 Å². The maximum absolute atomic E-state index is 13.4. The topological polar surface area (TPSA) is 47.6 Å². The van der Waals surface area contributed by atoms with Crippen LogP contribution in [-0.2, 0) is 16.0 Å². The van der Waals surface area contributed by atoms with Gasteiger partial charge in [-0.3, -0.25) is 4.79 Å². The molecule has 104 valence electrons. The third-order valence-electron chi connectivity index (χ3n) is 3.20. The SMILES string of the molecule is COc1ccc(CCOC(=O)C2CCCN2)cc1F. The molecule has 4 nitrogen and oxygen atoms in total. The molecule has 19 heavy (non-hydrogen) atoms. The molecule has 1 saturated heterocycles. The summed E-state index contributed by atoms with van der Waals surface area (Å²) in [5.74, 6) is -0.397. The van der Waals surface area contributed by atoms with Gasteiger partial charge in [0.2, 0.25) is 0 Å². The highest BCUT2D eigenvalue weighted by Crippen LogP contribution is 2.18. The molecule has 1 fully saturated rings. The highest BCUT2D eigenvalue weighted by Gasteiger charge is 2.23. The summed E-state index contributed by atoms with van der Waals surface area (Å²) in [6, 6.07) is 4.57. The molecule has 5 heteroatoms. The predicted octanol–water partition coefficient (Wildman–Crippen LogP) is 1.67. The van der Waals surface area contributed by atoms with E-state index in [2.05, 4.69) is 5.32 Å². The van der Waals surface area contributed by atoms with Crippen molar-refractivity contribution in [1.29, 1.82) is 0 Å². The van der Waals surface area contributed by atoms with E-state index in [0.29, 0.717) is 6.42 Å². The molecular weight excluding hydrogens is 249 g/mol. The van der Waals surface area contributed by atoms with Crippen LogP contribution >= 0.6 is 0 Å². The summed E-state index contributed by atoms with van der Waals surface area (Å²) in [5.41, 5.74) is 0.783. The van der Waals surface area contributed by atoms with Gasteiger partial charge in [0, 0.05) is 6.42 Å². The number of benzene rings is 1. The van der Waals surface area contributed by atoms with Crippen molar-refractivity contribution in [1.82, 2.24) is 5.32 Å². The fourth-order valence-electron chi connectivity index (χ4n) is 2.12. The molecule has 0 amide bonds. The summed E-state index contributed by atoms with van der Waals surface area (Å²) < 4.78 is 23.5. The minimum atomic E-state index is -0.399. The molecule has 1 N–H and O–H groups in total. The van der Waals surface area contributed by atoms with Crippen molar-refractivity contribution < 1.29 is 18.7 Å². The van der Waals surface area contributed by atoms with Gasteiger partial charge in [0.05, 0.1) is 13.7 Å². The highest BCUT2D eigenvalue weighted by molar-refractivity contribution is 5.76. The summed E-state index contributed by atoms with van der Waals surface area (Å²) in [4.78, 5) is 11.6. The predicted molar refractivity (Wildman–Crippen MR) is 68.6 cm³/mol. The van der Waals surface area contributed by atoms with E-state index in [0.717, 1.165) is 24.9 Å². The van der Waals surface area contributed by atoms with E-state index in [-0.39, 0.29) is 24.4 Å². The van der Waals surface area contributed by atoms with Crippen molar-refractivity contribution >= 4 is 5.97 Å². The molecule has 1 aliphatic heterocycles. The van der Waals surface area contributed by atoms with Gasteiger partial charge in [-0.25, -0.2) is 4.39 Å². The monoisotopic (exact) mass is 267 g/mol. The van der Waals surface area contributed by atoms with Gasteiger partial charge in [-0.2, -0.15) is 0 Å². The maximum Gasteiger partial charge on any atom is 0.323 e. The fraction of sp³-hybridized carbons (Fsp3) is 0.500. The van der Waals surface area contributed by atoms with E-state index in [1.54, 1.807) is 12.1 Å². The third-order valence-corrected chi connectivity index (χ3v) is 3.20. The van der Waals surface area contributed by atoms with E-state index in [4.69, 9.17) is 9.47 Å². The molecule has 2 rings (SSSR count). The molecule has 0 aliphatic carbocycles. The Morgan fingerprint density at radius 1 is 1.53 bits per heavy atom. The standard InChI is InChI=1S/C14H18FNO3/c1-18-13-5-4-10(9-11(13)15)6-8-19-14(17)12-3-2-7-16-12/h4-5,9,12,16H,2-3,6-8H2,1H3. The van der Waals surface area contributed by atoms with Crippen molar-refractivity contribution in [3.63, 3.8) is 0 Å². The van der Waals surface area contributed by atoms with Crippen LogP contribution in [0.2, 0.25) is 0 Å². The summed E-state index contributed by atoms with van der Waals surface area (Å²) in [5, 5.41) is 3.08. The molecule has 0 aromatic heterocycles. The molecular formula is C14H18FNO3. The van der Waals surface area contributed by atoms with E-state index < -0.39 is 5.82 Å². The van der Waals surface area contributed by atoms with Crippen molar-refractivity contribution in [2.24, 2.45) is 0 Å². The van der Waals surface area contributed by atoms with E-state index >= 15 is 0 Å². The van der Waals surface area contributed by atoms with Crippen LogP contribution in [0.25, 0.3) is 0 Å². The van der Waals surface area contributed by atoms with Gasteiger partial charge >= 0.3 is 5.97 Å². The van der Waals surface area contributed by atoms with Crippen LogP contribution < -0.4 is 10.1 Å². The van der Waals surface area contributed by atoms with Crippen LogP contribution in [0.5, 0.6) is 5.75 Å². The number of carbonyl (C=O) groups is 1. The number of carbonyl (C=O) groups excluding carboxylic acids is 1. The Morgan fingerprint density at radius 3 is 3.00 bits per heavy atom. The molecule has 1 aliphatic rings. The smallest absolute Gasteiger partial charge is 0.323 e. The molecule has 0 bridgehead atoms. The van der Waals surface area contributed by atoms with Gasteiger partial charge in [0.25, 0.3) is 0 Å². The van der Waals surface area contributed by atoms with Crippen LogP contribution in [-0.4, -0.2) is 32.3 Å². The Kier molecular flexibility index (Phi) is 4.74. The Labute approximate surface area is 111 Å². The zero-order valence-electron chi connectivity index (χ0n) is 10.9. The molecule has 1 aromatic carbocycles. The number of halogens is 1. The number of rotatable bonds is 5. The molecule has 0 saturated carbocycles. The molecule has 1 heterocycles. The number of methoxy groups -OCH3 is 1. The number of hydrogen-bond acceptors (Lipinski definition) is 4. The van der Waals surface area contributed by atoms with Crippen LogP contribution in [0.3, 0.4) is 0 Å². The lowest BCUT2D eigenvalue weighted by Crippen LogP contribution is -2.32. The zero-order chi connectivity index (χ0) is 13.7. The second-order valence-corrected chi connectivity index (χ2v) is 4.54. The number of ether oxygens (including phenoxy) is 2. The Hall–Kier alpha value is -1.62. The Morgan fingerprint density at radius 2 is 2.37 bits per heavy atom. The number of hydrogen-bond donors (Lipinski definition) is 1. The average Bonchev–Trinajstić information content (AvgIpc) is 2.93. The van der Waals surface area contributed by atoms with Gasteiger partial charge in [-0.15, -0.1) is 0 Å². The maximum atomic E-state index is 13.4. The molecule has 0 radical (unpaired) electrons. The van der Waals surface area contributed by atoms with Crippen LogP contribution in [0.15, 0.2) is 18.2 Å². The quantitative estimate of drug-likeness (QED) is 0.824. The van der Waals surface area contributed by atoms with Gasteiger partial charge in [-0.05, 0) is 37.1 Å². The minimum Gasteiger partial charge on any atom is -0.494 e. The third kappa shape index (κ3) is 3.67. The van der Waals surface area contributed by atoms with Crippen LogP contribution in [0.4, 0.5) is 4.39 Å². The van der Waals surface area contributed by atoms with Crippen molar-refractivity contribution in [2.75, 3.05) is 20.3 Å². The lowest BCUT2D eigenvalue weighted by Gasteiger charge is -2.10. The average molecular weight is 267 g/mol. The number of nitrogens with one attached hydrogen (secondary N) is 1. The van der Waals surface area contributed by atoms with E-state index in [1.807, 2.05) is 0 Å². The van der Waals surface area contributed by atoms with Gasteiger partial charge < -0.3 is 14.8 Å². The van der Waals surface area contributed by atoms with Gasteiger partial charge in [-0.1, -0.05) is 6.07 Å². The molecule has 0 spiro atoms. The van der Waals surface area contributed by atoms with Crippen molar-refractivity contribution in [2.45, 2.75) is 25.3 Å². The zero-order valence-corrected chi connectivity index (χ0v) is 10.9.